The van der Waals surface area contributed by atoms with Crippen LogP contribution < -0.4 is 10.1 Å². The predicted octanol–water partition coefficient (Wildman–Crippen LogP) is 3.64. The molecule has 1 N–H and O–H groups in total. The van der Waals surface area contributed by atoms with E-state index in [2.05, 4.69) is 5.32 Å². The van der Waals surface area contributed by atoms with Gasteiger partial charge in [-0.2, -0.15) is 0 Å². The summed E-state index contributed by atoms with van der Waals surface area (Å²) in [6.07, 6.45) is 0. The number of methoxy groups -OCH3 is 1. The molecule has 3 nitrogen and oxygen atoms in total. The van der Waals surface area contributed by atoms with Gasteiger partial charge in [0.1, 0.15) is 5.75 Å². The molecule has 3 heteroatoms. The van der Waals surface area contributed by atoms with Crippen molar-refractivity contribution in [2.24, 2.45) is 0 Å². The van der Waals surface area contributed by atoms with Gasteiger partial charge in [0.05, 0.1) is 7.11 Å². The molecule has 2 aromatic rings. The molecule has 18 heavy (non-hydrogen) atoms. The number of ketones is 1. The number of hydrogen-bond donors (Lipinski definition) is 1. The van der Waals surface area contributed by atoms with Crippen LogP contribution in [0.25, 0.3) is 0 Å². The first kappa shape index (κ1) is 12.2. The average Bonchev–Trinajstić information content (AvgIpc) is 2.39. The first-order chi connectivity index (χ1) is 8.70. The summed E-state index contributed by atoms with van der Waals surface area (Å²) >= 11 is 0. The van der Waals surface area contributed by atoms with Crippen molar-refractivity contribution in [1.29, 1.82) is 0 Å². The molecular weight excluding hydrogens is 226 g/mol. The van der Waals surface area contributed by atoms with Crippen molar-refractivity contribution in [3.8, 4) is 5.75 Å². The van der Waals surface area contributed by atoms with Gasteiger partial charge in [0.25, 0.3) is 0 Å². The Kier molecular flexibility index (Phi) is 3.63. The minimum absolute atomic E-state index is 0.0426. The number of carbonyl (C=O) groups is 1. The van der Waals surface area contributed by atoms with E-state index in [1.807, 2.05) is 48.5 Å². The molecule has 0 bridgehead atoms. The van der Waals surface area contributed by atoms with Gasteiger partial charge in [-0.15, -0.1) is 0 Å². The van der Waals surface area contributed by atoms with Gasteiger partial charge in [-0.25, -0.2) is 0 Å². The number of benzene rings is 2. The third-order valence-electron chi connectivity index (χ3n) is 2.66. The largest absolute Gasteiger partial charge is 0.497 e. The SMILES string of the molecule is COc1cccc(Nc2ccccc2C(C)=O)c1. The summed E-state index contributed by atoms with van der Waals surface area (Å²) in [5.41, 5.74) is 2.38. The minimum Gasteiger partial charge on any atom is -0.497 e. The quantitative estimate of drug-likeness (QED) is 0.830. The molecule has 0 amide bonds. The fourth-order valence-electron chi connectivity index (χ4n) is 1.76. The van der Waals surface area contributed by atoms with Crippen LogP contribution in [0.15, 0.2) is 48.5 Å². The molecule has 0 heterocycles. The Labute approximate surface area is 106 Å². The van der Waals surface area contributed by atoms with Crippen LogP contribution in [0.1, 0.15) is 17.3 Å². The highest BCUT2D eigenvalue weighted by Crippen LogP contribution is 2.24. The van der Waals surface area contributed by atoms with Gasteiger partial charge in [0, 0.05) is 23.0 Å². The van der Waals surface area contributed by atoms with Crippen LogP contribution in [0, 0.1) is 0 Å². The molecule has 2 rings (SSSR count). The summed E-state index contributed by atoms with van der Waals surface area (Å²) in [7, 11) is 1.63. The number of carbonyl (C=O) groups excluding carboxylic acids is 1. The van der Waals surface area contributed by atoms with E-state index in [9.17, 15) is 4.79 Å². The minimum atomic E-state index is 0.0426. The molecule has 0 atom stereocenters. The molecule has 92 valence electrons. The molecule has 0 spiro atoms. The maximum atomic E-state index is 11.5. The summed E-state index contributed by atoms with van der Waals surface area (Å²) in [5, 5.41) is 3.23. The van der Waals surface area contributed by atoms with E-state index in [1.165, 1.54) is 0 Å². The standard InChI is InChI=1S/C15H15NO2/c1-11(17)14-8-3-4-9-15(14)16-12-6-5-7-13(10-12)18-2/h3-10,16H,1-2H3. The van der Waals surface area contributed by atoms with Crippen molar-refractivity contribution in [3.05, 3.63) is 54.1 Å². The maximum absolute atomic E-state index is 11.5. The number of para-hydroxylation sites is 1. The molecule has 0 unspecified atom stereocenters. The van der Waals surface area contributed by atoms with Crippen LogP contribution in [-0.2, 0) is 0 Å². The van der Waals surface area contributed by atoms with Gasteiger partial charge in [-0.05, 0) is 31.2 Å². The summed E-state index contributed by atoms with van der Waals surface area (Å²) < 4.78 is 5.16. The molecule has 0 aliphatic carbocycles. The summed E-state index contributed by atoms with van der Waals surface area (Å²) in [6.45, 7) is 1.56. The zero-order valence-corrected chi connectivity index (χ0v) is 10.4. The van der Waals surface area contributed by atoms with Crippen LogP contribution in [0.5, 0.6) is 5.75 Å². The summed E-state index contributed by atoms with van der Waals surface area (Å²) in [5.74, 6) is 0.821. The molecule has 0 aliphatic heterocycles. The lowest BCUT2D eigenvalue weighted by molar-refractivity contribution is 0.101. The van der Waals surface area contributed by atoms with Gasteiger partial charge in [0.2, 0.25) is 0 Å². The van der Waals surface area contributed by atoms with E-state index in [0.29, 0.717) is 5.56 Å². The second-order valence-corrected chi connectivity index (χ2v) is 3.96. The number of Topliss-reactive ketones (excluding diaryl/α,β-unsaturated/α-hetero) is 1. The van der Waals surface area contributed by atoms with Crippen molar-refractivity contribution < 1.29 is 9.53 Å². The lowest BCUT2D eigenvalue weighted by Gasteiger charge is -2.11. The van der Waals surface area contributed by atoms with E-state index in [1.54, 1.807) is 14.0 Å². The smallest absolute Gasteiger partial charge is 0.161 e. The lowest BCUT2D eigenvalue weighted by Crippen LogP contribution is -2.00. The van der Waals surface area contributed by atoms with Crippen LogP contribution in [0.2, 0.25) is 0 Å². The number of ether oxygens (including phenoxy) is 1. The molecule has 0 saturated carbocycles. The van der Waals surface area contributed by atoms with Crippen molar-refractivity contribution in [2.75, 3.05) is 12.4 Å². The van der Waals surface area contributed by atoms with E-state index in [0.717, 1.165) is 17.1 Å². The Hall–Kier alpha value is -2.29. The second-order valence-electron chi connectivity index (χ2n) is 3.96. The average molecular weight is 241 g/mol. The zero-order chi connectivity index (χ0) is 13.0. The highest BCUT2D eigenvalue weighted by atomic mass is 16.5. The van der Waals surface area contributed by atoms with Crippen molar-refractivity contribution >= 4 is 17.2 Å². The third kappa shape index (κ3) is 2.69. The summed E-state index contributed by atoms with van der Waals surface area (Å²) in [4.78, 5) is 11.5. The fourth-order valence-corrected chi connectivity index (χ4v) is 1.76. The van der Waals surface area contributed by atoms with Crippen molar-refractivity contribution in [3.63, 3.8) is 0 Å². The molecule has 0 fully saturated rings. The first-order valence-electron chi connectivity index (χ1n) is 5.72. The van der Waals surface area contributed by atoms with Crippen LogP contribution in [-0.4, -0.2) is 12.9 Å². The van der Waals surface area contributed by atoms with Crippen molar-refractivity contribution in [2.45, 2.75) is 6.92 Å². The topological polar surface area (TPSA) is 38.3 Å². The molecular formula is C15H15NO2. The van der Waals surface area contributed by atoms with E-state index in [-0.39, 0.29) is 5.78 Å². The van der Waals surface area contributed by atoms with Gasteiger partial charge in [-0.1, -0.05) is 18.2 Å². The van der Waals surface area contributed by atoms with Crippen molar-refractivity contribution in [1.82, 2.24) is 0 Å². The lowest BCUT2D eigenvalue weighted by atomic mass is 10.1. The molecule has 0 aliphatic rings. The van der Waals surface area contributed by atoms with E-state index >= 15 is 0 Å². The summed E-state index contributed by atoms with van der Waals surface area (Å²) in [6, 6.07) is 15.0. The fraction of sp³-hybridized carbons (Fsp3) is 0.133. The highest BCUT2D eigenvalue weighted by Gasteiger charge is 2.06. The predicted molar refractivity (Wildman–Crippen MR) is 72.7 cm³/mol. The molecule has 2 aromatic carbocycles. The van der Waals surface area contributed by atoms with Gasteiger partial charge in [-0.3, -0.25) is 4.79 Å². The van der Waals surface area contributed by atoms with Crippen LogP contribution >= 0.6 is 0 Å². The molecule has 0 aromatic heterocycles. The van der Waals surface area contributed by atoms with Gasteiger partial charge >= 0.3 is 0 Å². The Morgan fingerprint density at radius 3 is 2.61 bits per heavy atom. The zero-order valence-electron chi connectivity index (χ0n) is 10.4. The van der Waals surface area contributed by atoms with Gasteiger partial charge in [0.15, 0.2) is 5.78 Å². The second kappa shape index (κ2) is 5.36. The highest BCUT2D eigenvalue weighted by molar-refractivity contribution is 6.00. The first-order valence-corrected chi connectivity index (χ1v) is 5.72. The van der Waals surface area contributed by atoms with E-state index < -0.39 is 0 Å². The van der Waals surface area contributed by atoms with Gasteiger partial charge < -0.3 is 10.1 Å². The number of anilines is 2. The third-order valence-corrected chi connectivity index (χ3v) is 2.66. The maximum Gasteiger partial charge on any atom is 0.161 e. The van der Waals surface area contributed by atoms with Crippen LogP contribution in [0.3, 0.4) is 0 Å². The number of hydrogen-bond acceptors (Lipinski definition) is 3. The number of rotatable bonds is 4. The van der Waals surface area contributed by atoms with Crippen LogP contribution in [0.4, 0.5) is 11.4 Å². The number of nitrogens with one attached hydrogen (secondary N) is 1. The van der Waals surface area contributed by atoms with E-state index in [4.69, 9.17) is 4.74 Å². The normalized spacial score (nSPS) is 9.89. The molecule has 0 radical (unpaired) electrons. The Balaban J connectivity index is 2.31. The molecule has 0 saturated heterocycles. The Bertz CT molecular complexity index is 564. The Morgan fingerprint density at radius 1 is 1.11 bits per heavy atom. The monoisotopic (exact) mass is 241 g/mol. The Morgan fingerprint density at radius 2 is 1.89 bits per heavy atom.